The van der Waals surface area contributed by atoms with Gasteiger partial charge in [-0.05, 0) is 24.8 Å². The second-order valence-electron chi connectivity index (χ2n) is 2.02. The fourth-order valence-electron chi connectivity index (χ4n) is 0.753. The summed E-state index contributed by atoms with van der Waals surface area (Å²) < 4.78 is 0. The highest BCUT2D eigenvalue weighted by Crippen LogP contribution is 2.17. The van der Waals surface area contributed by atoms with Crippen molar-refractivity contribution in [3.8, 4) is 0 Å². The van der Waals surface area contributed by atoms with Gasteiger partial charge in [-0.1, -0.05) is 12.2 Å². The van der Waals surface area contributed by atoms with Crippen molar-refractivity contribution in [3.63, 3.8) is 0 Å². The van der Waals surface area contributed by atoms with Crippen molar-refractivity contribution >= 4 is 11.8 Å². The van der Waals surface area contributed by atoms with Gasteiger partial charge in [-0.15, -0.1) is 11.8 Å². The van der Waals surface area contributed by atoms with Crippen molar-refractivity contribution < 1.29 is 5.11 Å². The molecule has 54 valence electrons. The van der Waals surface area contributed by atoms with Gasteiger partial charge in [-0.25, -0.2) is 0 Å². The third-order valence-electron chi connectivity index (χ3n) is 1.27. The van der Waals surface area contributed by atoms with Gasteiger partial charge < -0.3 is 5.11 Å². The number of hydrogen-bond donors (Lipinski definition) is 1. The molecule has 0 radical (unpaired) electrons. The summed E-state index contributed by atoms with van der Waals surface area (Å²) in [5, 5.41) is 9.12. The Hall–Kier alpha value is -0.630. The lowest BCUT2D eigenvalue weighted by molar-refractivity contribution is 0.430. The minimum Gasteiger partial charge on any atom is -0.508 e. The van der Waals surface area contributed by atoms with Gasteiger partial charge in [0, 0.05) is 4.91 Å². The van der Waals surface area contributed by atoms with Crippen LogP contribution in [0.2, 0.25) is 0 Å². The minimum atomic E-state index is 0.370. The van der Waals surface area contributed by atoms with E-state index >= 15 is 0 Å². The number of allylic oxidation sites excluding steroid dienone is 4. The first kappa shape index (κ1) is 7.48. The third-order valence-corrected chi connectivity index (χ3v) is 2.00. The van der Waals surface area contributed by atoms with Gasteiger partial charge in [0.25, 0.3) is 0 Å². The van der Waals surface area contributed by atoms with Gasteiger partial charge in [0.2, 0.25) is 0 Å². The lowest BCUT2D eigenvalue weighted by Gasteiger charge is -1.92. The predicted octanol–water partition coefficient (Wildman–Crippen LogP) is 2.64. The van der Waals surface area contributed by atoms with E-state index in [9.17, 15) is 0 Å². The van der Waals surface area contributed by atoms with Gasteiger partial charge in [0.05, 0.1) is 0 Å². The summed E-state index contributed by atoms with van der Waals surface area (Å²) in [6.07, 6.45) is 10.4. The normalized spacial score (nSPS) is 17.7. The standard InChI is InChI=1S/C8H10OS/c1-10-8-5-3-2-4-7(9)6-8/h3-6,9H,2H2,1H3. The first-order chi connectivity index (χ1) is 4.83. The second kappa shape index (κ2) is 3.52. The molecule has 10 heavy (non-hydrogen) atoms. The molecule has 0 bridgehead atoms. The van der Waals surface area contributed by atoms with Crippen molar-refractivity contribution in [2.45, 2.75) is 6.42 Å². The Morgan fingerprint density at radius 1 is 1.60 bits per heavy atom. The van der Waals surface area contributed by atoms with Crippen LogP contribution in [-0.2, 0) is 0 Å². The highest BCUT2D eigenvalue weighted by molar-refractivity contribution is 8.02. The molecule has 1 rings (SSSR count). The van der Waals surface area contributed by atoms with E-state index in [1.165, 1.54) is 0 Å². The Kier molecular flexibility index (Phi) is 2.63. The van der Waals surface area contributed by atoms with Crippen molar-refractivity contribution in [2.24, 2.45) is 0 Å². The molecule has 0 aromatic rings. The number of hydrogen-bond acceptors (Lipinski definition) is 2. The van der Waals surface area contributed by atoms with E-state index in [4.69, 9.17) is 5.11 Å². The maximum absolute atomic E-state index is 9.12. The molecule has 2 heteroatoms. The van der Waals surface area contributed by atoms with E-state index in [2.05, 4.69) is 0 Å². The van der Waals surface area contributed by atoms with Crippen LogP contribution >= 0.6 is 11.8 Å². The molecule has 0 atom stereocenters. The fourth-order valence-corrected chi connectivity index (χ4v) is 1.22. The Balaban J connectivity index is 2.79. The van der Waals surface area contributed by atoms with E-state index in [0.29, 0.717) is 5.76 Å². The van der Waals surface area contributed by atoms with Crippen LogP contribution < -0.4 is 0 Å². The van der Waals surface area contributed by atoms with Crippen molar-refractivity contribution in [3.05, 3.63) is 35.0 Å². The molecule has 0 spiro atoms. The van der Waals surface area contributed by atoms with Gasteiger partial charge in [-0.3, -0.25) is 0 Å². The van der Waals surface area contributed by atoms with Crippen LogP contribution in [0, 0.1) is 0 Å². The molecule has 0 heterocycles. The average Bonchev–Trinajstić information content (AvgIpc) is 2.13. The minimum absolute atomic E-state index is 0.370. The van der Waals surface area contributed by atoms with E-state index < -0.39 is 0 Å². The topological polar surface area (TPSA) is 20.2 Å². The van der Waals surface area contributed by atoms with Gasteiger partial charge >= 0.3 is 0 Å². The maximum atomic E-state index is 9.12. The summed E-state index contributed by atoms with van der Waals surface area (Å²) in [7, 11) is 0. The molecule has 1 nitrogen and oxygen atoms in total. The third kappa shape index (κ3) is 1.95. The average molecular weight is 154 g/mol. The Morgan fingerprint density at radius 3 is 3.10 bits per heavy atom. The Bertz CT molecular complexity index is 201. The lowest BCUT2D eigenvalue weighted by atomic mass is 10.4. The zero-order chi connectivity index (χ0) is 7.40. The summed E-state index contributed by atoms with van der Waals surface area (Å²) in [6.45, 7) is 0. The number of rotatable bonds is 1. The Morgan fingerprint density at radius 2 is 2.40 bits per heavy atom. The first-order valence-corrected chi connectivity index (χ1v) is 4.37. The summed E-state index contributed by atoms with van der Waals surface area (Å²) in [6, 6.07) is 0. The molecule has 0 saturated carbocycles. The molecule has 0 aromatic carbocycles. The van der Waals surface area contributed by atoms with Crippen LogP contribution in [0.25, 0.3) is 0 Å². The molecular weight excluding hydrogens is 144 g/mol. The highest BCUT2D eigenvalue weighted by Gasteiger charge is 1.94. The van der Waals surface area contributed by atoms with E-state index in [-0.39, 0.29) is 0 Å². The summed E-state index contributed by atoms with van der Waals surface area (Å²) in [4.78, 5) is 1.10. The smallest absolute Gasteiger partial charge is 0.113 e. The zero-order valence-electron chi connectivity index (χ0n) is 5.87. The molecule has 1 N–H and O–H groups in total. The zero-order valence-corrected chi connectivity index (χ0v) is 6.69. The van der Waals surface area contributed by atoms with Crippen molar-refractivity contribution in [1.29, 1.82) is 0 Å². The van der Waals surface area contributed by atoms with E-state index in [1.54, 1.807) is 23.9 Å². The largest absolute Gasteiger partial charge is 0.508 e. The van der Waals surface area contributed by atoms with Crippen LogP contribution in [0.4, 0.5) is 0 Å². The van der Waals surface area contributed by atoms with Crippen LogP contribution in [0.1, 0.15) is 6.42 Å². The van der Waals surface area contributed by atoms with Crippen LogP contribution in [0.3, 0.4) is 0 Å². The van der Waals surface area contributed by atoms with Crippen LogP contribution in [-0.4, -0.2) is 11.4 Å². The number of thioether (sulfide) groups is 1. The lowest BCUT2D eigenvalue weighted by Crippen LogP contribution is -1.72. The predicted molar refractivity (Wildman–Crippen MR) is 46.1 cm³/mol. The van der Waals surface area contributed by atoms with Gasteiger partial charge in [-0.2, -0.15) is 0 Å². The molecule has 0 aromatic heterocycles. The monoisotopic (exact) mass is 154 g/mol. The summed E-state index contributed by atoms with van der Waals surface area (Å²) in [5.41, 5.74) is 0. The second-order valence-corrected chi connectivity index (χ2v) is 2.90. The molecule has 0 amide bonds. The van der Waals surface area contributed by atoms with Crippen LogP contribution in [0.15, 0.2) is 35.0 Å². The van der Waals surface area contributed by atoms with Crippen molar-refractivity contribution in [2.75, 3.05) is 6.26 Å². The molecule has 1 aliphatic carbocycles. The van der Waals surface area contributed by atoms with Crippen molar-refractivity contribution in [1.82, 2.24) is 0 Å². The van der Waals surface area contributed by atoms with Crippen LogP contribution in [0.5, 0.6) is 0 Å². The quantitative estimate of drug-likeness (QED) is 0.626. The summed E-state index contributed by atoms with van der Waals surface area (Å²) in [5.74, 6) is 0.370. The molecule has 0 unspecified atom stereocenters. The van der Waals surface area contributed by atoms with E-state index in [1.807, 2.05) is 18.4 Å². The molecule has 0 aliphatic heterocycles. The SMILES string of the molecule is CSC1=CC(O)=CCC=C1. The maximum Gasteiger partial charge on any atom is 0.113 e. The van der Waals surface area contributed by atoms with Gasteiger partial charge in [0.15, 0.2) is 0 Å². The highest BCUT2D eigenvalue weighted by atomic mass is 32.2. The van der Waals surface area contributed by atoms with Gasteiger partial charge in [0.1, 0.15) is 5.76 Å². The number of aliphatic hydroxyl groups is 1. The number of aliphatic hydroxyl groups excluding tert-OH is 1. The Labute approximate surface area is 65.1 Å². The fraction of sp³-hybridized carbons (Fsp3) is 0.250. The molecule has 0 fully saturated rings. The van der Waals surface area contributed by atoms with E-state index in [0.717, 1.165) is 11.3 Å². The first-order valence-electron chi connectivity index (χ1n) is 3.14. The molecule has 1 aliphatic rings. The molecule has 0 saturated heterocycles. The summed E-state index contributed by atoms with van der Waals surface area (Å²) >= 11 is 1.64. The molecular formula is C8H10OS.